The van der Waals surface area contributed by atoms with E-state index in [2.05, 4.69) is 0 Å². The molecule has 0 N–H and O–H groups in total. The fourth-order valence-corrected chi connectivity index (χ4v) is 9.71. The van der Waals surface area contributed by atoms with E-state index < -0.39 is 11.9 Å². The van der Waals surface area contributed by atoms with Crippen LogP contribution in [0.3, 0.4) is 0 Å². The maximum Gasteiger partial charge on any atom is 2.00 e. The molecule has 0 bridgehead atoms. The van der Waals surface area contributed by atoms with Crippen molar-refractivity contribution in [2.45, 2.75) is 127 Å². The van der Waals surface area contributed by atoms with E-state index in [1.807, 2.05) is 0 Å². The maximum atomic E-state index is 8.89. The third kappa shape index (κ3) is 12.6. The quantitative estimate of drug-likeness (QED) is 0.430. The van der Waals surface area contributed by atoms with Crippen LogP contribution in [-0.4, -0.2) is 28.9 Å². The molecule has 0 atom stereocenters. The van der Waals surface area contributed by atoms with Gasteiger partial charge < -0.3 is 19.8 Å². The fourth-order valence-electron chi connectivity index (χ4n) is 5.03. The van der Waals surface area contributed by atoms with Crippen molar-refractivity contribution in [1.29, 1.82) is 0 Å². The van der Waals surface area contributed by atoms with Gasteiger partial charge in [-0.2, -0.15) is 0 Å². The molecule has 3 saturated carbocycles. The molecule has 28 heavy (non-hydrogen) atoms. The molecule has 0 aromatic heterocycles. The van der Waals surface area contributed by atoms with Gasteiger partial charge in [0, 0.05) is 11.9 Å². The zero-order valence-electron chi connectivity index (χ0n) is 17.7. The van der Waals surface area contributed by atoms with Crippen LogP contribution in [0.2, 0.25) is 0 Å². The molecule has 0 amide bonds. The van der Waals surface area contributed by atoms with Gasteiger partial charge in [0.25, 0.3) is 0 Å². The summed E-state index contributed by atoms with van der Waals surface area (Å²) >= 11 is 0. The molecule has 0 unspecified atom stereocenters. The average Bonchev–Trinajstić information content (AvgIpc) is 2.64. The van der Waals surface area contributed by atoms with Gasteiger partial charge in [-0.25, -0.2) is 0 Å². The van der Waals surface area contributed by atoms with E-state index in [0.29, 0.717) is 7.92 Å². The number of rotatable bonds is 3. The first kappa shape index (κ1) is 28.0. The van der Waals surface area contributed by atoms with Crippen molar-refractivity contribution in [3.05, 3.63) is 0 Å². The monoisotopic (exact) mass is 504 g/mol. The second-order valence-electron chi connectivity index (χ2n) is 8.31. The molecule has 0 aliphatic heterocycles. The Morgan fingerprint density at radius 1 is 0.571 bits per heavy atom. The van der Waals surface area contributed by atoms with Crippen LogP contribution in [0.5, 0.6) is 0 Å². The summed E-state index contributed by atoms with van der Waals surface area (Å²) < 4.78 is 0. The van der Waals surface area contributed by atoms with Crippen LogP contribution < -0.4 is 10.2 Å². The summed E-state index contributed by atoms with van der Waals surface area (Å²) in [7, 11) is 0.385. The third-order valence-electron chi connectivity index (χ3n) is 5.99. The van der Waals surface area contributed by atoms with Gasteiger partial charge in [0.2, 0.25) is 0 Å². The first-order chi connectivity index (χ1) is 12.9. The smallest absolute Gasteiger partial charge is 0.550 e. The normalized spacial score (nSPS) is 21.4. The molecule has 3 aliphatic carbocycles. The van der Waals surface area contributed by atoms with Crippen molar-refractivity contribution in [3.63, 3.8) is 0 Å². The summed E-state index contributed by atoms with van der Waals surface area (Å²) in [6.07, 6.45) is 23.6. The minimum atomic E-state index is -1.08. The Morgan fingerprint density at radius 3 is 0.929 bits per heavy atom. The molecule has 166 valence electrons. The summed E-state index contributed by atoms with van der Waals surface area (Å²) in [5.41, 5.74) is 3.57. The fraction of sp³-hybridized carbons (Fsp3) is 0.909. The van der Waals surface area contributed by atoms with Crippen molar-refractivity contribution in [2.24, 2.45) is 0 Å². The van der Waals surface area contributed by atoms with Gasteiger partial charge in [-0.3, -0.25) is 0 Å². The van der Waals surface area contributed by atoms with Crippen LogP contribution in [0.4, 0.5) is 0 Å². The molecule has 6 heteroatoms. The van der Waals surface area contributed by atoms with Crippen LogP contribution in [-0.2, 0) is 30.0 Å². The van der Waals surface area contributed by atoms with Crippen LogP contribution in [0.25, 0.3) is 0 Å². The first-order valence-electron chi connectivity index (χ1n) is 11.0. The Balaban J connectivity index is 0.000000697. The molecule has 0 aromatic carbocycles. The molecule has 0 aromatic rings. The number of carbonyl (C=O) groups is 2. The van der Waals surface area contributed by atoms with Gasteiger partial charge in [0.1, 0.15) is 0 Å². The molecule has 3 rings (SSSR count). The maximum absolute atomic E-state index is 8.89. The number of carbonyl (C=O) groups excluding carboxylic acids is 2. The number of carboxylic acids is 2. The van der Waals surface area contributed by atoms with Gasteiger partial charge >= 0.3 is 20.4 Å². The summed E-state index contributed by atoms with van der Waals surface area (Å²) in [6, 6.07) is 0. The summed E-state index contributed by atoms with van der Waals surface area (Å²) in [6.45, 7) is 1.94. The van der Waals surface area contributed by atoms with E-state index in [-0.39, 0.29) is 20.4 Å². The van der Waals surface area contributed by atoms with Crippen molar-refractivity contribution in [2.75, 3.05) is 0 Å². The van der Waals surface area contributed by atoms with Crippen molar-refractivity contribution in [3.8, 4) is 0 Å². The molecule has 3 aliphatic rings. The summed E-state index contributed by atoms with van der Waals surface area (Å²) in [4.78, 5) is 17.8. The molecule has 0 spiro atoms. The minimum absolute atomic E-state index is 0. The van der Waals surface area contributed by atoms with Crippen LogP contribution >= 0.6 is 7.92 Å². The predicted octanol–water partition coefficient (Wildman–Crippen LogP) is 3.98. The molecule has 0 heterocycles. The van der Waals surface area contributed by atoms with Gasteiger partial charge in [-0.05, 0) is 69.3 Å². The average molecular weight is 505 g/mol. The van der Waals surface area contributed by atoms with Crippen molar-refractivity contribution >= 4 is 19.9 Å². The van der Waals surface area contributed by atoms with Crippen LogP contribution in [0, 0.1) is 0 Å². The molecular weight excluding hydrogens is 466 g/mol. The second kappa shape index (κ2) is 16.8. The Bertz CT molecular complexity index is 352. The molecule has 4 nitrogen and oxygen atoms in total. The topological polar surface area (TPSA) is 80.3 Å². The molecule has 0 saturated heterocycles. The Morgan fingerprint density at radius 2 is 0.750 bits per heavy atom. The zero-order chi connectivity index (χ0) is 20.1. The van der Waals surface area contributed by atoms with Gasteiger partial charge in [-0.1, -0.05) is 65.7 Å². The second-order valence-corrected chi connectivity index (χ2v) is 11.4. The van der Waals surface area contributed by atoms with Crippen molar-refractivity contribution < 1.29 is 40.2 Å². The Hall–Kier alpha value is 0.0323. The van der Waals surface area contributed by atoms with E-state index in [9.17, 15) is 0 Å². The van der Waals surface area contributed by atoms with E-state index in [1.54, 1.807) is 77.0 Å². The number of aliphatic carboxylic acids is 2. The zero-order valence-corrected chi connectivity index (χ0v) is 20.2. The Kier molecular flexibility index (Phi) is 16.8. The molecule has 3 fully saturated rings. The van der Waals surface area contributed by atoms with E-state index >= 15 is 0 Å². The predicted molar refractivity (Wildman–Crippen MR) is 109 cm³/mol. The summed E-state index contributed by atoms with van der Waals surface area (Å²) in [5.74, 6) is -2.17. The van der Waals surface area contributed by atoms with Gasteiger partial charge in [-0.15, -0.1) is 0 Å². The largest absolute Gasteiger partial charge is 2.00 e. The Labute approximate surface area is 187 Å². The van der Waals surface area contributed by atoms with Crippen LogP contribution in [0.15, 0.2) is 0 Å². The van der Waals surface area contributed by atoms with E-state index in [1.165, 1.54) is 36.2 Å². The van der Waals surface area contributed by atoms with Gasteiger partial charge in [0.15, 0.2) is 0 Å². The number of hydrogen-bond acceptors (Lipinski definition) is 4. The molecular formula is C22H39O4PPd. The van der Waals surface area contributed by atoms with Crippen LogP contribution in [0.1, 0.15) is 110 Å². The molecule has 0 radical (unpaired) electrons. The summed E-state index contributed by atoms with van der Waals surface area (Å²) in [5, 5.41) is 17.8. The van der Waals surface area contributed by atoms with Gasteiger partial charge in [0.05, 0.1) is 0 Å². The number of hydrogen-bond donors (Lipinski definition) is 0. The van der Waals surface area contributed by atoms with E-state index in [4.69, 9.17) is 19.8 Å². The van der Waals surface area contributed by atoms with Crippen molar-refractivity contribution in [1.82, 2.24) is 0 Å². The minimum Gasteiger partial charge on any atom is -0.550 e. The third-order valence-corrected chi connectivity index (χ3v) is 10.1. The first-order valence-corrected chi connectivity index (χ1v) is 12.6. The number of carboxylic acid groups (broad SMARTS) is 2. The SMILES string of the molecule is C1CCC(P(C2CCCCC2)C2CCCCC2)CC1.CC(=O)[O-].CC(=O)[O-].[Pd+2]. The van der Waals surface area contributed by atoms with E-state index in [0.717, 1.165) is 13.8 Å². The standard InChI is InChI=1S/C18H33P.2C2H4O2.Pd/c1-4-10-16(11-5-1)19(17-12-6-2-7-13-17)18-14-8-3-9-15-18;2*1-2(3)4;/h16-18H,1-15H2;2*1H3,(H,3,4);/q;;;+2/p-2.